The van der Waals surface area contributed by atoms with Crippen LogP contribution in [0.5, 0.6) is 0 Å². The molecule has 0 aromatic heterocycles. The first-order chi connectivity index (χ1) is 7.59. The lowest BCUT2D eigenvalue weighted by Gasteiger charge is -2.31. The second-order valence-corrected chi connectivity index (χ2v) is 4.80. The third-order valence-electron chi connectivity index (χ3n) is 3.93. The van der Waals surface area contributed by atoms with Crippen LogP contribution in [0.1, 0.15) is 19.8 Å². The van der Waals surface area contributed by atoms with Crippen LogP contribution in [0.4, 0.5) is 0 Å². The minimum absolute atomic E-state index is 0.0708. The van der Waals surface area contributed by atoms with Crippen molar-refractivity contribution in [3.05, 3.63) is 0 Å². The summed E-state index contributed by atoms with van der Waals surface area (Å²) in [6.45, 7) is 4.33. The molecule has 0 saturated carbocycles. The van der Waals surface area contributed by atoms with Crippen LogP contribution in [-0.4, -0.2) is 48.1 Å². The summed E-state index contributed by atoms with van der Waals surface area (Å²) >= 11 is 0. The van der Waals surface area contributed by atoms with Gasteiger partial charge in [-0.3, -0.25) is 9.59 Å². The lowest BCUT2D eigenvalue weighted by atomic mass is 9.84. The van der Waals surface area contributed by atoms with Gasteiger partial charge in [0.05, 0.1) is 11.3 Å². The van der Waals surface area contributed by atoms with Crippen molar-refractivity contribution in [3.8, 4) is 0 Å². The van der Waals surface area contributed by atoms with Crippen molar-refractivity contribution >= 4 is 11.9 Å². The Morgan fingerprint density at radius 1 is 1.50 bits per heavy atom. The highest BCUT2D eigenvalue weighted by Crippen LogP contribution is 2.34. The van der Waals surface area contributed by atoms with Crippen LogP contribution in [0.25, 0.3) is 0 Å². The zero-order valence-corrected chi connectivity index (χ0v) is 9.53. The van der Waals surface area contributed by atoms with E-state index < -0.39 is 11.4 Å². The van der Waals surface area contributed by atoms with Gasteiger partial charge in [0.2, 0.25) is 5.91 Å². The molecule has 2 heterocycles. The molecule has 0 aromatic rings. The number of carbonyl (C=O) groups excluding carboxylic acids is 1. The predicted molar refractivity (Wildman–Crippen MR) is 57.9 cm³/mol. The molecule has 0 bridgehead atoms. The molecule has 0 aromatic carbocycles. The molecule has 2 N–H and O–H groups in total. The highest BCUT2D eigenvalue weighted by molar-refractivity contribution is 5.83. The summed E-state index contributed by atoms with van der Waals surface area (Å²) in [6, 6.07) is 0. The molecule has 90 valence electrons. The number of hydrogen-bond donors (Lipinski definition) is 2. The molecule has 16 heavy (non-hydrogen) atoms. The number of rotatable bonds is 3. The fraction of sp³-hybridized carbons (Fsp3) is 0.818. The van der Waals surface area contributed by atoms with Crippen molar-refractivity contribution in [2.45, 2.75) is 19.8 Å². The van der Waals surface area contributed by atoms with Crippen LogP contribution < -0.4 is 5.32 Å². The van der Waals surface area contributed by atoms with Crippen molar-refractivity contribution in [3.63, 3.8) is 0 Å². The average Bonchev–Trinajstić information content (AvgIpc) is 2.60. The summed E-state index contributed by atoms with van der Waals surface area (Å²) in [5.41, 5.74) is -0.702. The summed E-state index contributed by atoms with van der Waals surface area (Å²) < 4.78 is 0. The first-order valence-corrected chi connectivity index (χ1v) is 5.82. The minimum Gasteiger partial charge on any atom is -0.481 e. The topological polar surface area (TPSA) is 69.6 Å². The zero-order chi connectivity index (χ0) is 11.8. The van der Waals surface area contributed by atoms with Gasteiger partial charge in [-0.25, -0.2) is 0 Å². The Hall–Kier alpha value is -1.10. The molecule has 0 aliphatic carbocycles. The van der Waals surface area contributed by atoms with Gasteiger partial charge in [0.15, 0.2) is 0 Å². The normalized spacial score (nSPS) is 30.2. The smallest absolute Gasteiger partial charge is 0.311 e. The molecule has 1 atom stereocenters. The van der Waals surface area contributed by atoms with E-state index in [0.29, 0.717) is 25.9 Å². The van der Waals surface area contributed by atoms with Crippen molar-refractivity contribution in [2.24, 2.45) is 11.3 Å². The maximum atomic E-state index is 11.9. The van der Waals surface area contributed by atoms with E-state index in [9.17, 15) is 14.7 Å². The Kier molecular flexibility index (Phi) is 2.88. The molecule has 5 nitrogen and oxygen atoms in total. The van der Waals surface area contributed by atoms with Crippen LogP contribution in [0.3, 0.4) is 0 Å². The fourth-order valence-corrected chi connectivity index (χ4v) is 2.40. The van der Waals surface area contributed by atoms with E-state index >= 15 is 0 Å². The average molecular weight is 226 g/mol. The monoisotopic (exact) mass is 226 g/mol. The molecule has 1 unspecified atom stereocenters. The number of nitrogens with zero attached hydrogens (tertiary/aromatic N) is 1. The molecule has 2 fully saturated rings. The van der Waals surface area contributed by atoms with E-state index in [1.807, 2.05) is 6.92 Å². The lowest BCUT2D eigenvalue weighted by Crippen LogP contribution is -2.52. The number of likely N-dealkylation sites (tertiary alicyclic amines) is 1. The van der Waals surface area contributed by atoms with Crippen LogP contribution in [-0.2, 0) is 9.59 Å². The number of amides is 1. The number of carboxylic acid groups (broad SMARTS) is 1. The van der Waals surface area contributed by atoms with Gasteiger partial charge < -0.3 is 15.3 Å². The van der Waals surface area contributed by atoms with Gasteiger partial charge in [-0.1, -0.05) is 6.92 Å². The number of nitrogens with one attached hydrogen (secondary N) is 1. The minimum atomic E-state index is -0.767. The molecule has 2 aliphatic rings. The highest BCUT2D eigenvalue weighted by Gasteiger charge is 2.46. The second kappa shape index (κ2) is 4.05. The van der Waals surface area contributed by atoms with Gasteiger partial charge in [0, 0.05) is 26.2 Å². The summed E-state index contributed by atoms with van der Waals surface area (Å²) in [5.74, 6) is -0.575. The fourth-order valence-electron chi connectivity index (χ4n) is 2.40. The molecule has 1 amide bonds. The third kappa shape index (κ3) is 1.69. The summed E-state index contributed by atoms with van der Waals surface area (Å²) in [6.07, 6.45) is 1.18. The van der Waals surface area contributed by atoms with E-state index in [1.165, 1.54) is 0 Å². The number of aliphatic carboxylic acids is 1. The van der Waals surface area contributed by atoms with E-state index in [0.717, 1.165) is 13.1 Å². The van der Waals surface area contributed by atoms with Gasteiger partial charge >= 0.3 is 5.97 Å². The van der Waals surface area contributed by atoms with Gasteiger partial charge in [0.1, 0.15) is 0 Å². The van der Waals surface area contributed by atoms with Gasteiger partial charge in [-0.15, -0.1) is 0 Å². The third-order valence-corrected chi connectivity index (χ3v) is 3.93. The Labute approximate surface area is 94.8 Å². The first kappa shape index (κ1) is 11.4. The van der Waals surface area contributed by atoms with E-state index in [-0.39, 0.29) is 11.8 Å². The quantitative estimate of drug-likeness (QED) is 0.706. The van der Waals surface area contributed by atoms with E-state index in [2.05, 4.69) is 5.32 Å². The van der Waals surface area contributed by atoms with Crippen molar-refractivity contribution < 1.29 is 14.7 Å². The van der Waals surface area contributed by atoms with Gasteiger partial charge in [0.25, 0.3) is 0 Å². The Bertz CT molecular complexity index is 314. The summed E-state index contributed by atoms with van der Waals surface area (Å²) in [5, 5.41) is 12.3. The maximum absolute atomic E-state index is 11.9. The molecule has 5 heteroatoms. The maximum Gasteiger partial charge on any atom is 0.311 e. The molecular formula is C11H18N2O3. The Morgan fingerprint density at radius 3 is 2.56 bits per heavy atom. The lowest BCUT2D eigenvalue weighted by molar-refractivity contribution is -0.149. The first-order valence-electron chi connectivity index (χ1n) is 5.82. The van der Waals surface area contributed by atoms with Crippen molar-refractivity contribution in [1.29, 1.82) is 0 Å². The van der Waals surface area contributed by atoms with Crippen molar-refractivity contribution in [1.82, 2.24) is 10.2 Å². The molecule has 2 rings (SSSR count). The van der Waals surface area contributed by atoms with Crippen LogP contribution in [0, 0.1) is 11.3 Å². The predicted octanol–water partition coefficient (Wildman–Crippen LogP) is -0.0809. The van der Waals surface area contributed by atoms with Gasteiger partial charge in [-0.2, -0.15) is 0 Å². The van der Waals surface area contributed by atoms with Gasteiger partial charge in [-0.05, 0) is 12.8 Å². The van der Waals surface area contributed by atoms with E-state index in [4.69, 9.17) is 0 Å². The van der Waals surface area contributed by atoms with E-state index in [1.54, 1.807) is 4.90 Å². The molecule has 0 radical (unpaired) electrons. The second-order valence-electron chi connectivity index (χ2n) is 4.80. The highest BCUT2D eigenvalue weighted by atomic mass is 16.4. The Morgan fingerprint density at radius 2 is 2.19 bits per heavy atom. The SMILES string of the molecule is CCC1(C(=O)O)CCN(C(=O)C2CNC2)C1. The standard InChI is InChI=1S/C11H18N2O3/c1-2-11(10(15)16)3-4-13(7-11)9(14)8-5-12-6-8/h8,12H,2-7H2,1H3,(H,15,16). The number of carbonyl (C=O) groups is 2. The number of hydrogen-bond acceptors (Lipinski definition) is 3. The summed E-state index contributed by atoms with van der Waals surface area (Å²) in [7, 11) is 0. The zero-order valence-electron chi connectivity index (χ0n) is 9.53. The molecule has 0 spiro atoms. The number of carboxylic acids is 1. The van der Waals surface area contributed by atoms with Crippen LogP contribution in [0.2, 0.25) is 0 Å². The molecular weight excluding hydrogens is 208 g/mol. The van der Waals surface area contributed by atoms with Crippen LogP contribution in [0.15, 0.2) is 0 Å². The Balaban J connectivity index is 2.01. The molecule has 2 aliphatic heterocycles. The largest absolute Gasteiger partial charge is 0.481 e. The molecule has 2 saturated heterocycles. The van der Waals surface area contributed by atoms with Crippen LogP contribution >= 0.6 is 0 Å². The summed E-state index contributed by atoms with van der Waals surface area (Å²) in [4.78, 5) is 24.9. The van der Waals surface area contributed by atoms with Crippen molar-refractivity contribution in [2.75, 3.05) is 26.2 Å².